The topological polar surface area (TPSA) is 121 Å². The molecule has 0 fully saturated rings. The molecule has 0 atom stereocenters. The van der Waals surface area contributed by atoms with Crippen LogP contribution in [-0.2, 0) is 0 Å². The number of nitrogens with one attached hydrogen (secondary N) is 3. The molecule has 4 aromatic heterocycles. The van der Waals surface area contributed by atoms with Crippen LogP contribution in [0.2, 0.25) is 25.2 Å². The number of fused-ring (bicyclic) bond motifs is 2. The van der Waals surface area contributed by atoms with Gasteiger partial charge in [-0.25, -0.2) is 24.9 Å². The molecule has 0 bridgehead atoms. The van der Waals surface area contributed by atoms with Crippen LogP contribution >= 0.6 is 58.0 Å². The second kappa shape index (κ2) is 12.2. The molecular weight excluding hydrogens is 618 g/mol. The molecule has 0 saturated heterocycles. The Kier molecular flexibility index (Phi) is 8.49. The Labute approximate surface area is 251 Å². The number of pyridine rings is 2. The molecule has 14 heteroatoms. The number of halogens is 5. The number of rotatable bonds is 4. The molecule has 6 rings (SSSR count). The number of anilines is 4. The normalized spacial score (nSPS) is 10.7. The van der Waals surface area contributed by atoms with Crippen molar-refractivity contribution in [2.75, 3.05) is 10.6 Å². The van der Waals surface area contributed by atoms with Crippen LogP contribution in [0.25, 0.3) is 21.8 Å². The van der Waals surface area contributed by atoms with Crippen molar-refractivity contribution in [2.45, 2.75) is 0 Å². The van der Waals surface area contributed by atoms with E-state index in [9.17, 15) is 4.79 Å². The maximum atomic E-state index is 11.4. The number of aromatic amines is 1. The predicted octanol–water partition coefficient (Wildman–Crippen LogP) is 8.10. The van der Waals surface area contributed by atoms with Gasteiger partial charge in [0.1, 0.15) is 29.4 Å². The van der Waals surface area contributed by atoms with Gasteiger partial charge in [0.15, 0.2) is 0 Å². The van der Waals surface area contributed by atoms with Crippen molar-refractivity contribution in [1.29, 1.82) is 0 Å². The van der Waals surface area contributed by atoms with Crippen molar-refractivity contribution in [3.8, 4) is 0 Å². The average molecular weight is 633 g/mol. The van der Waals surface area contributed by atoms with Crippen molar-refractivity contribution in [3.05, 3.63) is 109 Å². The highest BCUT2D eigenvalue weighted by molar-refractivity contribution is 6.37. The molecule has 2 aromatic carbocycles. The van der Waals surface area contributed by atoms with Gasteiger partial charge in [0.05, 0.1) is 38.7 Å². The van der Waals surface area contributed by atoms with E-state index in [0.717, 1.165) is 5.39 Å². The fourth-order valence-electron chi connectivity index (χ4n) is 3.55. The Morgan fingerprint density at radius 1 is 0.625 bits per heavy atom. The van der Waals surface area contributed by atoms with Crippen LogP contribution in [0, 0.1) is 0 Å². The van der Waals surface area contributed by atoms with Crippen molar-refractivity contribution in [3.63, 3.8) is 0 Å². The molecule has 3 N–H and O–H groups in total. The van der Waals surface area contributed by atoms with Crippen LogP contribution in [0.4, 0.5) is 23.0 Å². The summed E-state index contributed by atoms with van der Waals surface area (Å²) >= 11 is 29.9. The molecule has 0 unspecified atom stereocenters. The van der Waals surface area contributed by atoms with E-state index in [0.29, 0.717) is 64.7 Å². The monoisotopic (exact) mass is 630 g/mol. The lowest BCUT2D eigenvalue weighted by atomic mass is 10.2. The first-order valence-electron chi connectivity index (χ1n) is 11.3. The smallest absolute Gasteiger partial charge is 0.248 e. The molecule has 6 aromatic rings. The Morgan fingerprint density at radius 2 is 1.18 bits per heavy atom. The van der Waals surface area contributed by atoms with E-state index in [1.54, 1.807) is 48.7 Å². The molecule has 0 aliphatic rings. The summed E-state index contributed by atoms with van der Waals surface area (Å²) in [7, 11) is 0. The maximum absolute atomic E-state index is 11.4. The van der Waals surface area contributed by atoms with Gasteiger partial charge in [-0.1, -0.05) is 58.0 Å². The number of nitrogens with zero attached hydrogens (tertiary/aromatic N) is 5. The molecule has 0 aliphatic heterocycles. The second-order valence-electron chi connectivity index (χ2n) is 8.06. The minimum Gasteiger partial charge on any atom is -0.338 e. The third kappa shape index (κ3) is 6.52. The third-order valence-electron chi connectivity index (χ3n) is 5.40. The molecule has 0 spiro atoms. The largest absolute Gasteiger partial charge is 0.338 e. The summed E-state index contributed by atoms with van der Waals surface area (Å²) in [4.78, 5) is 34.5. The van der Waals surface area contributed by atoms with Crippen molar-refractivity contribution in [1.82, 2.24) is 29.9 Å². The fourth-order valence-corrected chi connectivity index (χ4v) is 4.62. The van der Waals surface area contributed by atoms with E-state index in [1.807, 2.05) is 0 Å². The van der Waals surface area contributed by atoms with E-state index in [2.05, 4.69) is 40.5 Å². The minimum atomic E-state index is -0.224. The summed E-state index contributed by atoms with van der Waals surface area (Å²) in [5.74, 6) is 1.11. The van der Waals surface area contributed by atoms with Crippen LogP contribution in [0.1, 0.15) is 0 Å². The lowest BCUT2D eigenvalue weighted by Gasteiger charge is -2.10. The predicted molar refractivity (Wildman–Crippen MR) is 162 cm³/mol. The second-order valence-corrected chi connectivity index (χ2v) is 10.1. The Bertz CT molecular complexity index is 1920. The summed E-state index contributed by atoms with van der Waals surface area (Å²) in [6.45, 7) is 0. The van der Waals surface area contributed by atoms with Gasteiger partial charge in [0.25, 0.3) is 0 Å². The van der Waals surface area contributed by atoms with E-state index in [-0.39, 0.29) is 5.56 Å². The third-order valence-corrected chi connectivity index (χ3v) is 6.70. The van der Waals surface area contributed by atoms with Crippen molar-refractivity contribution >= 4 is 103 Å². The Morgan fingerprint density at radius 3 is 1.75 bits per heavy atom. The number of benzene rings is 2. The summed E-state index contributed by atoms with van der Waals surface area (Å²) < 4.78 is 0. The highest BCUT2D eigenvalue weighted by Gasteiger charge is 2.09. The first-order valence-corrected chi connectivity index (χ1v) is 13.2. The maximum Gasteiger partial charge on any atom is 0.248 e. The van der Waals surface area contributed by atoms with Crippen molar-refractivity contribution < 1.29 is 0 Å². The van der Waals surface area contributed by atoms with E-state index >= 15 is 0 Å². The summed E-state index contributed by atoms with van der Waals surface area (Å²) in [6.07, 6.45) is 5.98. The van der Waals surface area contributed by atoms with Gasteiger partial charge < -0.3 is 15.6 Å². The standard InChI is InChI=1S/C13H7Cl3N4.C13H8Cl2N4O/c14-7-1-2-10(9(15)3-7)20-13-8-4-12(16)17-5-11(8)18-6-19-13;14-7-1-2-10(9(15)3-7)19-13-8-4-12(20)16-5-11(8)17-6-18-13/h1-6H,(H,18,19,20);1-6H,(H,16,20)(H,17,18,19). The quantitative estimate of drug-likeness (QED) is 0.167. The van der Waals surface area contributed by atoms with Crippen LogP contribution < -0.4 is 16.2 Å². The van der Waals surface area contributed by atoms with Crippen LogP contribution in [0.15, 0.2) is 78.4 Å². The molecule has 0 radical (unpaired) electrons. The zero-order valence-electron chi connectivity index (χ0n) is 20.0. The fraction of sp³-hybridized carbons (Fsp3) is 0. The SMILES string of the molecule is Clc1ccc(Nc2ncnc3cnc(Cl)cc23)c(Cl)c1.O=c1cc2c(Nc3ccc(Cl)cc3Cl)ncnc2c[nH]1. The van der Waals surface area contributed by atoms with Crippen LogP contribution in [0.5, 0.6) is 0 Å². The number of H-pyrrole nitrogens is 1. The van der Waals surface area contributed by atoms with Gasteiger partial charge >= 0.3 is 0 Å². The van der Waals surface area contributed by atoms with E-state index in [1.165, 1.54) is 24.9 Å². The molecule has 200 valence electrons. The van der Waals surface area contributed by atoms with Crippen LogP contribution in [-0.4, -0.2) is 29.9 Å². The zero-order chi connectivity index (χ0) is 28.2. The van der Waals surface area contributed by atoms with Crippen LogP contribution in [0.3, 0.4) is 0 Å². The first-order chi connectivity index (χ1) is 19.3. The van der Waals surface area contributed by atoms with Gasteiger partial charge in [0, 0.05) is 33.1 Å². The van der Waals surface area contributed by atoms with Gasteiger partial charge in [-0.2, -0.15) is 0 Å². The first kappa shape index (κ1) is 27.8. The van der Waals surface area contributed by atoms with Gasteiger partial charge in [0.2, 0.25) is 5.56 Å². The van der Waals surface area contributed by atoms with E-state index < -0.39 is 0 Å². The zero-order valence-corrected chi connectivity index (χ0v) is 23.7. The summed E-state index contributed by atoms with van der Waals surface area (Å²) in [6, 6.07) is 13.4. The lowest BCUT2D eigenvalue weighted by Crippen LogP contribution is -2.05. The number of aromatic nitrogens is 6. The molecule has 9 nitrogen and oxygen atoms in total. The highest BCUT2D eigenvalue weighted by Crippen LogP contribution is 2.31. The average Bonchev–Trinajstić information content (AvgIpc) is 2.93. The van der Waals surface area contributed by atoms with Gasteiger partial charge in [-0.15, -0.1) is 0 Å². The lowest BCUT2D eigenvalue weighted by molar-refractivity contribution is 1.18. The Hall–Kier alpha value is -3.73. The Balaban J connectivity index is 0.000000161. The molecular formula is C26H15Cl5N8O. The summed E-state index contributed by atoms with van der Waals surface area (Å²) in [5, 5.41) is 10.1. The number of hydrogen-bond acceptors (Lipinski definition) is 8. The van der Waals surface area contributed by atoms with E-state index in [4.69, 9.17) is 58.0 Å². The highest BCUT2D eigenvalue weighted by atomic mass is 35.5. The molecule has 0 aliphatic carbocycles. The number of hydrogen-bond donors (Lipinski definition) is 3. The van der Waals surface area contributed by atoms with Gasteiger partial charge in [-0.3, -0.25) is 4.79 Å². The minimum absolute atomic E-state index is 0.224. The molecule has 4 heterocycles. The molecule has 0 saturated carbocycles. The van der Waals surface area contributed by atoms with Gasteiger partial charge in [-0.05, 0) is 42.5 Å². The molecule has 40 heavy (non-hydrogen) atoms. The summed E-state index contributed by atoms with van der Waals surface area (Å²) in [5.41, 5.74) is 2.45. The van der Waals surface area contributed by atoms with Crippen molar-refractivity contribution in [2.24, 2.45) is 0 Å². The molecule has 0 amide bonds.